The highest BCUT2D eigenvalue weighted by Gasteiger charge is 2.28. The molecule has 0 aliphatic heterocycles. The summed E-state index contributed by atoms with van der Waals surface area (Å²) < 4.78 is 47.4. The van der Waals surface area contributed by atoms with Crippen molar-refractivity contribution >= 4 is 18.0 Å². The van der Waals surface area contributed by atoms with Gasteiger partial charge in [0.2, 0.25) is 0 Å². The van der Waals surface area contributed by atoms with E-state index in [2.05, 4.69) is 0 Å². The van der Waals surface area contributed by atoms with Gasteiger partial charge in [-0.1, -0.05) is 12.1 Å². The molecule has 0 unspecified atom stereocenters. The summed E-state index contributed by atoms with van der Waals surface area (Å²) in [5.41, 5.74) is -3.15. The Kier molecular flexibility index (Phi) is 5.54. The van der Waals surface area contributed by atoms with E-state index in [1.807, 2.05) is 0 Å². The molecule has 0 amide bonds. The third kappa shape index (κ3) is 5.21. The van der Waals surface area contributed by atoms with E-state index in [4.69, 9.17) is 9.47 Å². The van der Waals surface area contributed by atoms with Crippen molar-refractivity contribution in [2.75, 3.05) is 7.11 Å². The zero-order valence-corrected chi connectivity index (χ0v) is 12.9. The van der Waals surface area contributed by atoms with Crippen molar-refractivity contribution in [3.05, 3.63) is 53.6 Å². The first-order valence-electron chi connectivity index (χ1n) is 6.52. The maximum Gasteiger partial charge on any atom is 0.446 e. The number of thioether (sulfide) groups is 1. The van der Waals surface area contributed by atoms with E-state index in [0.717, 1.165) is 5.56 Å². The molecular weight excluding hydrogens is 329 g/mol. The number of rotatable bonds is 6. The van der Waals surface area contributed by atoms with Crippen LogP contribution in [0, 0.1) is 0 Å². The van der Waals surface area contributed by atoms with Gasteiger partial charge in [0.1, 0.15) is 18.1 Å². The lowest BCUT2D eigenvalue weighted by molar-refractivity contribution is -0.0328. The van der Waals surface area contributed by atoms with E-state index in [1.165, 1.54) is 19.2 Å². The standard InChI is InChI=1S/C16H13F3O3S/c1-21-15-8-13(5-4-12(15)9-20)22-10-11-2-6-14(7-3-11)23-16(17,18)19/h2-9H,10H2,1H3. The Balaban J connectivity index is 1.99. The van der Waals surface area contributed by atoms with Gasteiger partial charge >= 0.3 is 5.51 Å². The minimum atomic E-state index is -4.30. The van der Waals surface area contributed by atoms with Crippen LogP contribution in [0.2, 0.25) is 0 Å². The molecule has 7 heteroatoms. The second kappa shape index (κ2) is 7.41. The molecule has 0 fully saturated rings. The zero-order chi connectivity index (χ0) is 16.9. The summed E-state index contributed by atoms with van der Waals surface area (Å²) >= 11 is -0.157. The Morgan fingerprint density at radius 2 is 1.83 bits per heavy atom. The van der Waals surface area contributed by atoms with Crippen LogP contribution in [-0.4, -0.2) is 18.9 Å². The number of halogens is 3. The molecular formula is C16H13F3O3S. The molecule has 122 valence electrons. The summed E-state index contributed by atoms with van der Waals surface area (Å²) in [5.74, 6) is 0.899. The maximum absolute atomic E-state index is 12.2. The molecule has 23 heavy (non-hydrogen) atoms. The van der Waals surface area contributed by atoms with Gasteiger partial charge in [0.15, 0.2) is 6.29 Å². The number of benzene rings is 2. The van der Waals surface area contributed by atoms with Crippen molar-refractivity contribution in [1.29, 1.82) is 0 Å². The van der Waals surface area contributed by atoms with Crippen LogP contribution >= 0.6 is 11.8 Å². The van der Waals surface area contributed by atoms with E-state index in [1.54, 1.807) is 30.3 Å². The molecule has 0 bridgehead atoms. The average Bonchev–Trinajstić information content (AvgIpc) is 2.52. The third-order valence-electron chi connectivity index (χ3n) is 2.89. The van der Waals surface area contributed by atoms with Crippen molar-refractivity contribution in [2.45, 2.75) is 17.0 Å². The molecule has 2 rings (SSSR count). The van der Waals surface area contributed by atoms with Crippen LogP contribution < -0.4 is 9.47 Å². The van der Waals surface area contributed by atoms with Crippen molar-refractivity contribution in [2.24, 2.45) is 0 Å². The molecule has 0 N–H and O–H groups in total. The average molecular weight is 342 g/mol. The highest BCUT2D eigenvalue weighted by molar-refractivity contribution is 8.00. The summed E-state index contributed by atoms with van der Waals surface area (Å²) in [6, 6.07) is 10.7. The normalized spacial score (nSPS) is 11.1. The minimum Gasteiger partial charge on any atom is -0.496 e. The van der Waals surface area contributed by atoms with Gasteiger partial charge in [-0.3, -0.25) is 4.79 Å². The molecule has 0 aliphatic rings. The Morgan fingerprint density at radius 3 is 2.39 bits per heavy atom. The van der Waals surface area contributed by atoms with Crippen molar-refractivity contribution in [3.8, 4) is 11.5 Å². The zero-order valence-electron chi connectivity index (χ0n) is 12.1. The van der Waals surface area contributed by atoms with Gasteiger partial charge < -0.3 is 9.47 Å². The molecule has 0 spiro atoms. The van der Waals surface area contributed by atoms with E-state index in [9.17, 15) is 18.0 Å². The van der Waals surface area contributed by atoms with Crippen LogP contribution in [-0.2, 0) is 6.61 Å². The highest BCUT2D eigenvalue weighted by Crippen LogP contribution is 2.36. The van der Waals surface area contributed by atoms with Crippen LogP contribution in [0.5, 0.6) is 11.5 Å². The van der Waals surface area contributed by atoms with Gasteiger partial charge in [-0.15, -0.1) is 0 Å². The molecule has 2 aromatic carbocycles. The predicted molar refractivity (Wildman–Crippen MR) is 81.1 cm³/mol. The second-order valence-corrected chi connectivity index (χ2v) is 5.64. The van der Waals surface area contributed by atoms with Gasteiger partial charge in [-0.2, -0.15) is 13.2 Å². The van der Waals surface area contributed by atoms with E-state index in [-0.39, 0.29) is 23.3 Å². The van der Waals surface area contributed by atoms with Crippen LogP contribution in [0.3, 0.4) is 0 Å². The summed E-state index contributed by atoms with van der Waals surface area (Å²) in [6.45, 7) is 0.195. The fraction of sp³-hybridized carbons (Fsp3) is 0.188. The predicted octanol–water partition coefficient (Wildman–Crippen LogP) is 4.70. The molecule has 0 atom stereocenters. The number of hydrogen-bond acceptors (Lipinski definition) is 4. The SMILES string of the molecule is COc1cc(OCc2ccc(SC(F)(F)F)cc2)ccc1C=O. The smallest absolute Gasteiger partial charge is 0.446 e. The minimum absolute atomic E-state index is 0.123. The Bertz CT molecular complexity index is 669. The fourth-order valence-electron chi connectivity index (χ4n) is 1.83. The largest absolute Gasteiger partial charge is 0.496 e. The van der Waals surface area contributed by atoms with Crippen molar-refractivity contribution < 1.29 is 27.4 Å². The number of aldehydes is 1. The Hall–Kier alpha value is -2.15. The molecule has 0 aliphatic carbocycles. The van der Waals surface area contributed by atoms with Gasteiger partial charge in [0.25, 0.3) is 0 Å². The molecule has 0 aromatic heterocycles. The Morgan fingerprint density at radius 1 is 1.13 bits per heavy atom. The van der Waals surface area contributed by atoms with Crippen LogP contribution in [0.4, 0.5) is 13.2 Å². The van der Waals surface area contributed by atoms with Crippen LogP contribution in [0.25, 0.3) is 0 Å². The summed E-state index contributed by atoms with van der Waals surface area (Å²) in [6.07, 6.45) is 0.680. The lowest BCUT2D eigenvalue weighted by atomic mass is 10.2. The Labute approximate surface area is 135 Å². The molecule has 0 saturated carbocycles. The number of alkyl halides is 3. The monoisotopic (exact) mass is 342 g/mol. The van der Waals surface area contributed by atoms with Gasteiger partial charge in [0.05, 0.1) is 12.7 Å². The molecule has 3 nitrogen and oxygen atoms in total. The summed E-state index contributed by atoms with van der Waals surface area (Å²) in [4.78, 5) is 10.9. The molecule has 2 aromatic rings. The molecule has 0 heterocycles. The van der Waals surface area contributed by atoms with E-state index >= 15 is 0 Å². The number of ether oxygens (including phenoxy) is 2. The highest BCUT2D eigenvalue weighted by atomic mass is 32.2. The quantitative estimate of drug-likeness (QED) is 0.563. The number of hydrogen-bond donors (Lipinski definition) is 0. The lowest BCUT2D eigenvalue weighted by Crippen LogP contribution is -2.00. The van der Waals surface area contributed by atoms with E-state index in [0.29, 0.717) is 23.3 Å². The van der Waals surface area contributed by atoms with Gasteiger partial charge in [-0.05, 0) is 41.6 Å². The molecule has 0 radical (unpaired) electrons. The van der Waals surface area contributed by atoms with Crippen LogP contribution in [0.15, 0.2) is 47.4 Å². The third-order valence-corrected chi connectivity index (χ3v) is 3.63. The number of methoxy groups -OCH3 is 1. The number of carbonyl (C=O) groups excluding carboxylic acids is 1. The number of carbonyl (C=O) groups is 1. The summed E-state index contributed by atoms with van der Waals surface area (Å²) in [5, 5.41) is 0. The molecule has 0 saturated heterocycles. The van der Waals surface area contributed by atoms with Crippen molar-refractivity contribution in [3.63, 3.8) is 0 Å². The lowest BCUT2D eigenvalue weighted by Gasteiger charge is -2.10. The first-order chi connectivity index (χ1) is 10.9. The first-order valence-corrected chi connectivity index (χ1v) is 7.33. The topological polar surface area (TPSA) is 35.5 Å². The summed E-state index contributed by atoms with van der Waals surface area (Å²) in [7, 11) is 1.45. The second-order valence-electron chi connectivity index (χ2n) is 4.50. The van der Waals surface area contributed by atoms with Gasteiger partial charge in [0, 0.05) is 11.0 Å². The van der Waals surface area contributed by atoms with Crippen LogP contribution in [0.1, 0.15) is 15.9 Å². The first kappa shape index (κ1) is 17.2. The fourth-order valence-corrected chi connectivity index (χ4v) is 2.37. The van der Waals surface area contributed by atoms with Gasteiger partial charge in [-0.25, -0.2) is 0 Å². The van der Waals surface area contributed by atoms with Crippen molar-refractivity contribution in [1.82, 2.24) is 0 Å². The van der Waals surface area contributed by atoms with E-state index < -0.39 is 5.51 Å². The maximum atomic E-state index is 12.2.